The monoisotopic (exact) mass is 423 g/mol. The van der Waals surface area contributed by atoms with E-state index in [4.69, 9.17) is 11.6 Å². The van der Waals surface area contributed by atoms with Crippen LogP contribution in [-0.2, 0) is 11.3 Å². The van der Waals surface area contributed by atoms with Gasteiger partial charge in [0.25, 0.3) is 5.91 Å². The third-order valence-corrected chi connectivity index (χ3v) is 6.12. The van der Waals surface area contributed by atoms with Gasteiger partial charge < -0.3 is 10.2 Å². The van der Waals surface area contributed by atoms with E-state index in [2.05, 4.69) is 10.3 Å². The van der Waals surface area contributed by atoms with Crippen molar-refractivity contribution in [2.75, 3.05) is 11.1 Å². The number of anilines is 1. The second kappa shape index (κ2) is 8.68. The van der Waals surface area contributed by atoms with Gasteiger partial charge in [-0.05, 0) is 47.5 Å². The lowest BCUT2D eigenvalue weighted by Gasteiger charge is -2.24. The Bertz CT molecular complexity index is 1010. The number of rotatable bonds is 5. The molecule has 7 heteroatoms. The molecule has 1 N–H and O–H groups in total. The summed E-state index contributed by atoms with van der Waals surface area (Å²) in [5.41, 5.74) is 3.22. The van der Waals surface area contributed by atoms with E-state index in [1.807, 2.05) is 41.3 Å². The molecule has 0 bridgehead atoms. The van der Waals surface area contributed by atoms with Gasteiger partial charge in [0.1, 0.15) is 5.37 Å². The third-order valence-electron chi connectivity index (χ3n) is 4.61. The number of hydrogen-bond donors (Lipinski definition) is 1. The number of hydrogen-bond acceptors (Lipinski definition) is 4. The highest BCUT2D eigenvalue weighted by molar-refractivity contribution is 8.00. The zero-order valence-electron chi connectivity index (χ0n) is 15.4. The van der Waals surface area contributed by atoms with Gasteiger partial charge in [-0.3, -0.25) is 14.6 Å². The molecule has 2 amide bonds. The maximum atomic E-state index is 12.4. The quantitative estimate of drug-likeness (QED) is 0.642. The van der Waals surface area contributed by atoms with Crippen LogP contribution in [0.4, 0.5) is 5.69 Å². The van der Waals surface area contributed by atoms with Crippen LogP contribution in [0.2, 0.25) is 5.02 Å². The third kappa shape index (κ3) is 4.60. The molecule has 5 nitrogen and oxygen atoms in total. The first-order valence-electron chi connectivity index (χ1n) is 9.07. The van der Waals surface area contributed by atoms with E-state index in [9.17, 15) is 9.59 Å². The molecular formula is C22H18ClN3O2S. The topological polar surface area (TPSA) is 62.3 Å². The van der Waals surface area contributed by atoms with Crippen LogP contribution < -0.4 is 5.32 Å². The van der Waals surface area contributed by atoms with E-state index in [1.54, 1.807) is 48.4 Å². The van der Waals surface area contributed by atoms with Gasteiger partial charge in [-0.15, -0.1) is 11.8 Å². The van der Waals surface area contributed by atoms with Gasteiger partial charge >= 0.3 is 0 Å². The number of carbonyl (C=O) groups excluding carboxylic acids is 2. The summed E-state index contributed by atoms with van der Waals surface area (Å²) < 4.78 is 0. The van der Waals surface area contributed by atoms with Crippen molar-refractivity contribution in [2.45, 2.75) is 11.9 Å². The van der Waals surface area contributed by atoms with Crippen molar-refractivity contribution < 1.29 is 9.59 Å². The predicted octanol–water partition coefficient (Wildman–Crippen LogP) is 4.76. The van der Waals surface area contributed by atoms with E-state index in [0.29, 0.717) is 28.6 Å². The average Bonchev–Trinajstić information content (AvgIpc) is 3.11. The summed E-state index contributed by atoms with van der Waals surface area (Å²) in [5, 5.41) is 3.42. The van der Waals surface area contributed by atoms with Gasteiger partial charge in [0.2, 0.25) is 5.91 Å². The summed E-state index contributed by atoms with van der Waals surface area (Å²) in [4.78, 5) is 30.7. The van der Waals surface area contributed by atoms with Gasteiger partial charge in [0, 0.05) is 23.3 Å². The lowest BCUT2D eigenvalue weighted by molar-refractivity contribution is -0.128. The number of halogens is 1. The molecule has 1 aliphatic rings. The second-order valence-corrected chi connectivity index (χ2v) is 8.13. The van der Waals surface area contributed by atoms with Gasteiger partial charge in [-0.1, -0.05) is 35.9 Å². The Labute approximate surface area is 178 Å². The number of benzene rings is 2. The molecule has 3 aromatic rings. The van der Waals surface area contributed by atoms with Crippen molar-refractivity contribution in [2.24, 2.45) is 0 Å². The SMILES string of the molecule is O=C(Nc1cccnc1)c1ccc([C@H]2SCC(=O)N2Cc2ccc(Cl)cc2)cc1. The minimum Gasteiger partial charge on any atom is -0.322 e. The van der Waals surface area contributed by atoms with Crippen LogP contribution in [0.1, 0.15) is 26.9 Å². The van der Waals surface area contributed by atoms with Gasteiger partial charge in [-0.2, -0.15) is 0 Å². The summed E-state index contributed by atoms with van der Waals surface area (Å²) in [6, 6.07) is 18.5. The smallest absolute Gasteiger partial charge is 0.255 e. The molecule has 1 atom stereocenters. The molecule has 4 rings (SSSR count). The number of pyridine rings is 1. The normalized spacial score (nSPS) is 16.1. The second-order valence-electron chi connectivity index (χ2n) is 6.63. The van der Waals surface area contributed by atoms with Crippen molar-refractivity contribution in [3.05, 3.63) is 94.8 Å². The lowest BCUT2D eigenvalue weighted by Crippen LogP contribution is -2.27. The van der Waals surface area contributed by atoms with E-state index in [1.165, 1.54) is 0 Å². The molecule has 2 aromatic carbocycles. The number of carbonyl (C=O) groups is 2. The molecule has 0 spiro atoms. The Morgan fingerprint density at radius 3 is 2.59 bits per heavy atom. The summed E-state index contributed by atoms with van der Waals surface area (Å²) in [6.45, 7) is 0.525. The Balaban J connectivity index is 1.47. The standard InChI is InChI=1S/C22H18ClN3O2S/c23-18-9-3-15(4-10-18)13-26-20(27)14-29-22(26)17-7-5-16(6-8-17)21(28)25-19-2-1-11-24-12-19/h1-12,22H,13-14H2,(H,25,28)/t22-/m1/s1. The highest BCUT2D eigenvalue weighted by Crippen LogP contribution is 2.39. The average molecular weight is 424 g/mol. The van der Waals surface area contributed by atoms with E-state index in [-0.39, 0.29) is 17.2 Å². The fourth-order valence-electron chi connectivity index (χ4n) is 3.13. The molecule has 1 fully saturated rings. The molecule has 1 saturated heterocycles. The van der Waals surface area contributed by atoms with E-state index < -0.39 is 0 Å². The molecule has 146 valence electrons. The molecule has 0 saturated carbocycles. The van der Waals surface area contributed by atoms with Crippen LogP contribution in [0.5, 0.6) is 0 Å². The summed E-state index contributed by atoms with van der Waals surface area (Å²) >= 11 is 7.54. The molecule has 1 aromatic heterocycles. The predicted molar refractivity (Wildman–Crippen MR) is 116 cm³/mol. The van der Waals surface area contributed by atoms with Gasteiger partial charge in [0.15, 0.2) is 0 Å². The minimum absolute atomic E-state index is 0.0754. The fourth-order valence-corrected chi connectivity index (χ4v) is 4.44. The number of aromatic nitrogens is 1. The summed E-state index contributed by atoms with van der Waals surface area (Å²) in [6.07, 6.45) is 3.25. The molecular weight excluding hydrogens is 406 g/mol. The van der Waals surface area contributed by atoms with Crippen LogP contribution in [-0.4, -0.2) is 27.5 Å². The molecule has 0 radical (unpaired) electrons. The number of nitrogens with zero attached hydrogens (tertiary/aromatic N) is 2. The maximum Gasteiger partial charge on any atom is 0.255 e. The largest absolute Gasteiger partial charge is 0.322 e. The zero-order chi connectivity index (χ0) is 20.2. The summed E-state index contributed by atoms with van der Waals surface area (Å²) in [7, 11) is 0. The maximum absolute atomic E-state index is 12.4. The highest BCUT2D eigenvalue weighted by atomic mass is 35.5. The highest BCUT2D eigenvalue weighted by Gasteiger charge is 2.32. The van der Waals surface area contributed by atoms with Crippen LogP contribution in [0.15, 0.2) is 73.1 Å². The number of thioether (sulfide) groups is 1. The molecule has 0 aliphatic carbocycles. The molecule has 1 aliphatic heterocycles. The van der Waals surface area contributed by atoms with Crippen molar-refractivity contribution in [3.63, 3.8) is 0 Å². The number of amides is 2. The van der Waals surface area contributed by atoms with Crippen LogP contribution in [0, 0.1) is 0 Å². The Morgan fingerprint density at radius 2 is 1.90 bits per heavy atom. The molecule has 29 heavy (non-hydrogen) atoms. The molecule has 2 heterocycles. The Morgan fingerprint density at radius 1 is 1.14 bits per heavy atom. The Kier molecular flexibility index (Phi) is 5.83. The minimum atomic E-state index is -0.197. The first kappa shape index (κ1) is 19.5. The van der Waals surface area contributed by atoms with Crippen LogP contribution in [0.3, 0.4) is 0 Å². The van der Waals surface area contributed by atoms with Crippen molar-refractivity contribution in [1.29, 1.82) is 0 Å². The van der Waals surface area contributed by atoms with Crippen LogP contribution >= 0.6 is 23.4 Å². The Hall–Kier alpha value is -2.83. The number of nitrogens with one attached hydrogen (secondary N) is 1. The molecule has 0 unspecified atom stereocenters. The van der Waals surface area contributed by atoms with Crippen LogP contribution in [0.25, 0.3) is 0 Å². The zero-order valence-corrected chi connectivity index (χ0v) is 17.0. The van der Waals surface area contributed by atoms with E-state index >= 15 is 0 Å². The van der Waals surface area contributed by atoms with Gasteiger partial charge in [0.05, 0.1) is 17.6 Å². The van der Waals surface area contributed by atoms with E-state index in [0.717, 1.165) is 11.1 Å². The first-order valence-corrected chi connectivity index (χ1v) is 10.5. The summed E-state index contributed by atoms with van der Waals surface area (Å²) in [5.74, 6) is 0.354. The van der Waals surface area contributed by atoms with Crippen molar-refractivity contribution in [3.8, 4) is 0 Å². The van der Waals surface area contributed by atoms with Gasteiger partial charge in [-0.25, -0.2) is 0 Å². The van der Waals surface area contributed by atoms with Crippen molar-refractivity contribution in [1.82, 2.24) is 9.88 Å². The fraction of sp³-hybridized carbons (Fsp3) is 0.136. The first-order chi connectivity index (χ1) is 14.1. The lowest BCUT2D eigenvalue weighted by atomic mass is 10.1. The van der Waals surface area contributed by atoms with Crippen molar-refractivity contribution >= 4 is 40.9 Å².